The molecule has 6 nitrogen and oxygen atoms in total. The van der Waals surface area contributed by atoms with Crippen LogP contribution in [-0.4, -0.2) is 42.6 Å². The number of nitrogens with zero attached hydrogens (tertiary/aromatic N) is 2. The van der Waals surface area contributed by atoms with E-state index in [-0.39, 0.29) is 11.8 Å². The number of anilines is 1. The molecule has 0 saturated carbocycles. The average molecular weight is 418 g/mol. The van der Waals surface area contributed by atoms with Gasteiger partial charge in [-0.25, -0.2) is 4.98 Å². The smallest absolute Gasteiger partial charge is 0.227 e. The SMILES string of the molecule is CCCCOc1ccc(OC)cc1NC(=O)C1CCN(Cc2csc(C)n2)CC1. The zero-order chi connectivity index (χ0) is 20.6. The van der Waals surface area contributed by atoms with Crippen molar-refractivity contribution in [1.82, 2.24) is 9.88 Å². The molecule has 2 aromatic rings. The summed E-state index contributed by atoms with van der Waals surface area (Å²) in [7, 11) is 1.62. The van der Waals surface area contributed by atoms with Crippen LogP contribution in [0.1, 0.15) is 43.3 Å². The number of ether oxygens (including phenoxy) is 2. The number of carbonyl (C=O) groups excluding carboxylic acids is 1. The molecule has 0 atom stereocenters. The molecule has 0 unspecified atom stereocenters. The van der Waals surface area contributed by atoms with Gasteiger partial charge in [0, 0.05) is 23.9 Å². The molecule has 1 aromatic heterocycles. The van der Waals surface area contributed by atoms with E-state index in [0.29, 0.717) is 23.8 Å². The minimum Gasteiger partial charge on any atom is -0.497 e. The van der Waals surface area contributed by atoms with Crippen molar-refractivity contribution in [3.63, 3.8) is 0 Å². The second-order valence-corrected chi connectivity index (χ2v) is 8.52. The van der Waals surface area contributed by atoms with Gasteiger partial charge in [0.25, 0.3) is 0 Å². The molecule has 1 saturated heterocycles. The number of methoxy groups -OCH3 is 1. The van der Waals surface area contributed by atoms with Crippen LogP contribution in [0.2, 0.25) is 0 Å². The van der Waals surface area contributed by atoms with Crippen LogP contribution in [0.5, 0.6) is 11.5 Å². The summed E-state index contributed by atoms with van der Waals surface area (Å²) in [5.74, 6) is 1.47. The highest BCUT2D eigenvalue weighted by Gasteiger charge is 2.26. The van der Waals surface area contributed by atoms with Crippen LogP contribution in [0.25, 0.3) is 0 Å². The Labute approximate surface area is 177 Å². The number of hydrogen-bond donors (Lipinski definition) is 1. The van der Waals surface area contributed by atoms with Crippen LogP contribution in [0.4, 0.5) is 5.69 Å². The Balaban J connectivity index is 1.56. The molecule has 0 aliphatic carbocycles. The maximum absolute atomic E-state index is 12.9. The van der Waals surface area contributed by atoms with Gasteiger partial charge in [0.15, 0.2) is 0 Å². The first-order valence-corrected chi connectivity index (χ1v) is 11.2. The number of carbonyl (C=O) groups is 1. The lowest BCUT2D eigenvalue weighted by atomic mass is 9.95. The maximum atomic E-state index is 12.9. The number of nitrogens with one attached hydrogen (secondary N) is 1. The molecular formula is C22H31N3O3S. The zero-order valence-electron chi connectivity index (χ0n) is 17.6. The molecule has 2 heterocycles. The number of aromatic nitrogens is 1. The minimum atomic E-state index is 0.0121. The molecule has 1 N–H and O–H groups in total. The van der Waals surface area contributed by atoms with Crippen LogP contribution >= 0.6 is 11.3 Å². The summed E-state index contributed by atoms with van der Waals surface area (Å²) in [6, 6.07) is 5.55. The number of unbranched alkanes of at least 4 members (excludes halogenated alkanes) is 1. The summed E-state index contributed by atoms with van der Waals surface area (Å²) in [5.41, 5.74) is 1.81. The largest absolute Gasteiger partial charge is 0.497 e. The van der Waals surface area contributed by atoms with Crippen molar-refractivity contribution in [1.29, 1.82) is 0 Å². The highest BCUT2D eigenvalue weighted by Crippen LogP contribution is 2.31. The van der Waals surface area contributed by atoms with Crippen molar-refractivity contribution in [3.8, 4) is 11.5 Å². The number of hydrogen-bond acceptors (Lipinski definition) is 6. The summed E-state index contributed by atoms with van der Waals surface area (Å²) in [4.78, 5) is 19.8. The lowest BCUT2D eigenvalue weighted by Gasteiger charge is -2.30. The van der Waals surface area contributed by atoms with Gasteiger partial charge in [-0.1, -0.05) is 13.3 Å². The number of benzene rings is 1. The normalized spacial score (nSPS) is 15.3. The van der Waals surface area contributed by atoms with Crippen molar-refractivity contribution >= 4 is 22.9 Å². The molecule has 1 fully saturated rings. The first-order chi connectivity index (χ1) is 14.1. The van der Waals surface area contributed by atoms with E-state index >= 15 is 0 Å². The van der Waals surface area contributed by atoms with Crippen molar-refractivity contribution in [3.05, 3.63) is 34.3 Å². The summed E-state index contributed by atoms with van der Waals surface area (Å²) in [6.45, 7) is 7.48. The Morgan fingerprint density at radius 2 is 2.14 bits per heavy atom. The third-order valence-electron chi connectivity index (χ3n) is 5.21. The molecular weight excluding hydrogens is 386 g/mol. The van der Waals surface area contributed by atoms with Crippen molar-refractivity contribution < 1.29 is 14.3 Å². The topological polar surface area (TPSA) is 63.7 Å². The van der Waals surface area contributed by atoms with E-state index in [1.54, 1.807) is 18.4 Å². The summed E-state index contributed by atoms with van der Waals surface area (Å²) >= 11 is 1.69. The standard InChI is InChI=1S/C22H31N3O3S/c1-4-5-12-28-21-7-6-19(27-3)13-20(21)24-22(26)17-8-10-25(11-9-17)14-18-15-29-16(2)23-18/h6-7,13,15,17H,4-5,8-12,14H2,1-3H3,(H,24,26). The van der Waals surface area contributed by atoms with Gasteiger partial charge in [0.2, 0.25) is 5.91 Å². The summed E-state index contributed by atoms with van der Waals surface area (Å²) < 4.78 is 11.2. The second kappa shape index (κ2) is 10.6. The molecule has 3 rings (SSSR count). The number of rotatable bonds is 9. The average Bonchev–Trinajstić information content (AvgIpc) is 3.14. The fraction of sp³-hybridized carbons (Fsp3) is 0.545. The van der Waals surface area contributed by atoms with Gasteiger partial charge in [-0.15, -0.1) is 11.3 Å². The van der Waals surface area contributed by atoms with Crippen LogP contribution < -0.4 is 14.8 Å². The lowest BCUT2D eigenvalue weighted by Crippen LogP contribution is -2.37. The Kier molecular flexibility index (Phi) is 7.89. The fourth-order valence-corrected chi connectivity index (χ4v) is 4.09. The van der Waals surface area contributed by atoms with Gasteiger partial charge in [-0.3, -0.25) is 9.69 Å². The van der Waals surface area contributed by atoms with E-state index in [0.717, 1.165) is 56.0 Å². The molecule has 0 bridgehead atoms. The first-order valence-electron chi connectivity index (χ1n) is 10.3. The van der Waals surface area contributed by atoms with E-state index < -0.39 is 0 Å². The molecule has 158 valence electrons. The van der Waals surface area contributed by atoms with E-state index in [1.807, 2.05) is 25.1 Å². The van der Waals surface area contributed by atoms with Crippen molar-refractivity contribution in [2.75, 3.05) is 32.1 Å². The number of likely N-dealkylation sites (tertiary alicyclic amines) is 1. The Morgan fingerprint density at radius 1 is 1.34 bits per heavy atom. The van der Waals surface area contributed by atoms with Crippen LogP contribution in [0.15, 0.2) is 23.6 Å². The van der Waals surface area contributed by atoms with Gasteiger partial charge < -0.3 is 14.8 Å². The molecule has 0 radical (unpaired) electrons. The van der Waals surface area contributed by atoms with Crippen molar-refractivity contribution in [2.45, 2.75) is 46.1 Å². The third kappa shape index (κ3) is 6.18. The number of aryl methyl sites for hydroxylation is 1. The summed E-state index contributed by atoms with van der Waals surface area (Å²) in [6.07, 6.45) is 3.75. The fourth-order valence-electron chi connectivity index (χ4n) is 3.48. The van der Waals surface area contributed by atoms with E-state index in [1.165, 1.54) is 0 Å². The summed E-state index contributed by atoms with van der Waals surface area (Å²) in [5, 5.41) is 6.30. The van der Waals surface area contributed by atoms with E-state index in [9.17, 15) is 4.79 Å². The first kappa shape index (κ1) is 21.6. The van der Waals surface area contributed by atoms with Crippen LogP contribution in [-0.2, 0) is 11.3 Å². The Hall–Kier alpha value is -2.12. The van der Waals surface area contributed by atoms with Gasteiger partial charge in [0.05, 0.1) is 30.1 Å². The van der Waals surface area contributed by atoms with Gasteiger partial charge in [-0.05, 0) is 51.4 Å². The van der Waals surface area contributed by atoms with Gasteiger partial charge in [0.1, 0.15) is 11.5 Å². The minimum absolute atomic E-state index is 0.0121. The predicted molar refractivity (Wildman–Crippen MR) is 117 cm³/mol. The predicted octanol–water partition coefficient (Wildman–Crippen LogP) is 4.49. The molecule has 0 spiro atoms. The highest BCUT2D eigenvalue weighted by atomic mass is 32.1. The highest BCUT2D eigenvalue weighted by molar-refractivity contribution is 7.09. The number of thiazole rings is 1. The van der Waals surface area contributed by atoms with Crippen LogP contribution in [0, 0.1) is 12.8 Å². The van der Waals surface area contributed by atoms with Crippen molar-refractivity contribution in [2.24, 2.45) is 5.92 Å². The Bertz CT molecular complexity index is 800. The van der Waals surface area contributed by atoms with Gasteiger partial charge >= 0.3 is 0 Å². The molecule has 1 aliphatic heterocycles. The molecule has 29 heavy (non-hydrogen) atoms. The quantitative estimate of drug-likeness (QED) is 0.609. The zero-order valence-corrected chi connectivity index (χ0v) is 18.4. The second-order valence-electron chi connectivity index (χ2n) is 7.46. The number of amides is 1. The third-order valence-corrected chi connectivity index (χ3v) is 6.03. The molecule has 1 aromatic carbocycles. The van der Waals surface area contributed by atoms with Crippen LogP contribution in [0.3, 0.4) is 0 Å². The maximum Gasteiger partial charge on any atom is 0.227 e. The number of piperidine rings is 1. The Morgan fingerprint density at radius 3 is 2.79 bits per heavy atom. The lowest BCUT2D eigenvalue weighted by molar-refractivity contribution is -0.121. The van der Waals surface area contributed by atoms with Gasteiger partial charge in [-0.2, -0.15) is 0 Å². The molecule has 1 amide bonds. The van der Waals surface area contributed by atoms with E-state index in [2.05, 4.69) is 27.5 Å². The van der Waals surface area contributed by atoms with E-state index in [4.69, 9.17) is 9.47 Å². The molecule has 7 heteroatoms. The monoisotopic (exact) mass is 417 g/mol. The molecule has 1 aliphatic rings.